The van der Waals surface area contributed by atoms with Crippen LogP contribution >= 0.6 is 11.3 Å². The molecular weight excluding hydrogens is 256 g/mol. The summed E-state index contributed by atoms with van der Waals surface area (Å²) < 4.78 is 1.76. The predicted octanol–water partition coefficient (Wildman–Crippen LogP) is 2.90. The van der Waals surface area contributed by atoms with Gasteiger partial charge >= 0.3 is 0 Å². The maximum absolute atomic E-state index is 4.15. The van der Waals surface area contributed by atoms with Gasteiger partial charge in [-0.1, -0.05) is 24.1 Å². The van der Waals surface area contributed by atoms with E-state index in [1.807, 2.05) is 24.6 Å². The third-order valence-corrected chi connectivity index (χ3v) is 4.83. The first kappa shape index (κ1) is 12.8. The number of nitrogens with zero attached hydrogens (tertiary/aromatic N) is 3. The van der Waals surface area contributed by atoms with Gasteiger partial charge < -0.3 is 5.32 Å². The first-order valence-electron chi connectivity index (χ1n) is 6.95. The molecule has 1 N–H and O–H groups in total. The third-order valence-electron chi connectivity index (χ3n) is 3.87. The summed E-state index contributed by atoms with van der Waals surface area (Å²) >= 11 is 1.85. The van der Waals surface area contributed by atoms with Crippen LogP contribution in [-0.4, -0.2) is 15.0 Å². The van der Waals surface area contributed by atoms with E-state index in [1.165, 1.54) is 30.6 Å². The number of hydrogen-bond acceptors (Lipinski definition) is 4. The molecule has 0 amide bonds. The van der Waals surface area contributed by atoms with Crippen molar-refractivity contribution in [1.82, 2.24) is 20.3 Å². The van der Waals surface area contributed by atoms with Crippen LogP contribution in [-0.2, 0) is 13.6 Å². The third kappa shape index (κ3) is 3.04. The van der Waals surface area contributed by atoms with Gasteiger partial charge in [-0.05, 0) is 30.2 Å². The molecule has 1 aliphatic carbocycles. The van der Waals surface area contributed by atoms with Gasteiger partial charge in [0.1, 0.15) is 0 Å². The Morgan fingerprint density at radius 2 is 2.32 bits per heavy atom. The van der Waals surface area contributed by atoms with Crippen LogP contribution < -0.4 is 5.32 Å². The number of hydrogen-bond donors (Lipinski definition) is 1. The van der Waals surface area contributed by atoms with E-state index in [2.05, 4.69) is 33.1 Å². The molecule has 0 aliphatic heterocycles. The Hall–Kier alpha value is -1.20. The molecule has 5 heteroatoms. The van der Waals surface area contributed by atoms with Crippen LogP contribution in [0.15, 0.2) is 23.7 Å². The summed E-state index contributed by atoms with van der Waals surface area (Å²) in [6, 6.07) is 4.87. The van der Waals surface area contributed by atoms with E-state index in [0.717, 1.165) is 18.2 Å². The van der Waals surface area contributed by atoms with E-state index >= 15 is 0 Å². The molecule has 0 radical (unpaired) electrons. The molecule has 102 valence electrons. The van der Waals surface area contributed by atoms with E-state index in [-0.39, 0.29) is 0 Å². The van der Waals surface area contributed by atoms with Gasteiger partial charge in [0.25, 0.3) is 0 Å². The number of nitrogens with one attached hydrogen (secondary N) is 1. The Labute approximate surface area is 117 Å². The summed E-state index contributed by atoms with van der Waals surface area (Å²) in [4.78, 5) is 1.45. The highest BCUT2D eigenvalue weighted by molar-refractivity contribution is 7.10. The lowest BCUT2D eigenvalue weighted by Gasteiger charge is -2.23. The normalized spacial score (nSPS) is 17.9. The fraction of sp³-hybridized carbons (Fsp3) is 0.571. The zero-order chi connectivity index (χ0) is 13.1. The van der Waals surface area contributed by atoms with Crippen molar-refractivity contribution in [3.8, 4) is 0 Å². The Morgan fingerprint density at radius 3 is 2.95 bits per heavy atom. The second-order valence-corrected chi connectivity index (χ2v) is 6.28. The molecule has 2 heterocycles. The van der Waals surface area contributed by atoms with Crippen molar-refractivity contribution in [1.29, 1.82) is 0 Å². The van der Waals surface area contributed by atoms with Gasteiger partial charge in [0.2, 0.25) is 0 Å². The maximum Gasteiger partial charge on any atom is 0.0964 e. The van der Waals surface area contributed by atoms with Crippen LogP contribution in [0.2, 0.25) is 0 Å². The van der Waals surface area contributed by atoms with Gasteiger partial charge in [0.15, 0.2) is 0 Å². The lowest BCUT2D eigenvalue weighted by atomic mass is 9.96. The minimum atomic E-state index is 0.476. The average Bonchev–Trinajstić information content (AvgIpc) is 3.11. The van der Waals surface area contributed by atoms with Crippen molar-refractivity contribution in [2.45, 2.75) is 38.3 Å². The minimum Gasteiger partial charge on any atom is -0.303 e. The summed E-state index contributed by atoms with van der Waals surface area (Å²) in [5.41, 5.74) is 1.02. The molecule has 2 aromatic heterocycles. The Balaban J connectivity index is 1.68. The van der Waals surface area contributed by atoms with E-state index < -0.39 is 0 Å². The molecule has 1 fully saturated rings. The quantitative estimate of drug-likeness (QED) is 0.913. The van der Waals surface area contributed by atoms with Gasteiger partial charge in [-0.25, -0.2) is 0 Å². The van der Waals surface area contributed by atoms with Crippen molar-refractivity contribution >= 4 is 11.3 Å². The molecule has 2 aromatic rings. The molecule has 4 nitrogen and oxygen atoms in total. The molecular formula is C14H20N4S. The first-order chi connectivity index (χ1) is 9.33. The van der Waals surface area contributed by atoms with Crippen LogP contribution in [0.4, 0.5) is 0 Å². The molecule has 0 saturated heterocycles. The average molecular weight is 276 g/mol. The largest absolute Gasteiger partial charge is 0.303 e. The fourth-order valence-electron chi connectivity index (χ4n) is 2.95. The van der Waals surface area contributed by atoms with E-state index in [0.29, 0.717) is 6.04 Å². The van der Waals surface area contributed by atoms with Crippen molar-refractivity contribution in [2.75, 3.05) is 0 Å². The topological polar surface area (TPSA) is 42.7 Å². The zero-order valence-electron chi connectivity index (χ0n) is 11.2. The van der Waals surface area contributed by atoms with Gasteiger partial charge in [-0.2, -0.15) is 0 Å². The molecule has 1 saturated carbocycles. The molecule has 19 heavy (non-hydrogen) atoms. The molecule has 0 bridgehead atoms. The summed E-state index contributed by atoms with van der Waals surface area (Å²) in [6.45, 7) is 0.799. The van der Waals surface area contributed by atoms with Crippen molar-refractivity contribution < 1.29 is 0 Å². The van der Waals surface area contributed by atoms with Crippen LogP contribution in [0, 0.1) is 5.92 Å². The highest BCUT2D eigenvalue weighted by Gasteiger charge is 2.26. The Bertz CT molecular complexity index is 499. The smallest absolute Gasteiger partial charge is 0.0964 e. The second kappa shape index (κ2) is 5.84. The van der Waals surface area contributed by atoms with Crippen LogP contribution in [0.1, 0.15) is 42.3 Å². The van der Waals surface area contributed by atoms with E-state index in [9.17, 15) is 0 Å². The van der Waals surface area contributed by atoms with Gasteiger partial charge in [0.05, 0.1) is 5.69 Å². The second-order valence-electron chi connectivity index (χ2n) is 5.30. The number of thiophene rings is 1. The van der Waals surface area contributed by atoms with Crippen molar-refractivity contribution in [3.63, 3.8) is 0 Å². The van der Waals surface area contributed by atoms with Crippen molar-refractivity contribution in [3.05, 3.63) is 34.3 Å². The molecule has 1 aliphatic rings. The number of aryl methyl sites for hydroxylation is 1. The highest BCUT2D eigenvalue weighted by atomic mass is 32.1. The molecule has 1 unspecified atom stereocenters. The Morgan fingerprint density at radius 1 is 1.47 bits per heavy atom. The van der Waals surface area contributed by atoms with Gasteiger partial charge in [-0.3, -0.25) is 4.68 Å². The first-order valence-corrected chi connectivity index (χ1v) is 7.83. The highest BCUT2D eigenvalue weighted by Crippen LogP contribution is 2.37. The number of rotatable bonds is 5. The van der Waals surface area contributed by atoms with Gasteiger partial charge in [0, 0.05) is 30.7 Å². The zero-order valence-corrected chi connectivity index (χ0v) is 12.1. The van der Waals surface area contributed by atoms with Gasteiger partial charge in [-0.15, -0.1) is 16.4 Å². The predicted molar refractivity (Wildman–Crippen MR) is 76.9 cm³/mol. The summed E-state index contributed by atoms with van der Waals surface area (Å²) in [7, 11) is 1.91. The summed E-state index contributed by atoms with van der Waals surface area (Å²) in [5.74, 6) is 0.773. The lowest BCUT2D eigenvalue weighted by Crippen LogP contribution is -2.26. The molecule has 0 spiro atoms. The monoisotopic (exact) mass is 276 g/mol. The standard InChI is InChI=1S/C14H20N4S/c1-18-10-12(16-17-18)9-15-14(11-5-2-3-6-11)13-7-4-8-19-13/h4,7-8,10-11,14-15H,2-3,5-6,9H2,1H3. The van der Waals surface area contributed by atoms with Crippen molar-refractivity contribution in [2.24, 2.45) is 13.0 Å². The minimum absolute atomic E-state index is 0.476. The fourth-order valence-corrected chi connectivity index (χ4v) is 3.84. The van der Waals surface area contributed by atoms with Crippen LogP contribution in [0.25, 0.3) is 0 Å². The molecule has 0 aromatic carbocycles. The van der Waals surface area contributed by atoms with E-state index in [4.69, 9.17) is 0 Å². The van der Waals surface area contributed by atoms with Crippen LogP contribution in [0.5, 0.6) is 0 Å². The summed E-state index contributed by atoms with van der Waals surface area (Å²) in [5, 5.41) is 14.0. The SMILES string of the molecule is Cn1cc(CNC(c2cccs2)C2CCCC2)nn1. The van der Waals surface area contributed by atoms with E-state index in [1.54, 1.807) is 4.68 Å². The Kier molecular flexibility index (Phi) is 3.94. The number of aromatic nitrogens is 3. The van der Waals surface area contributed by atoms with Crippen LogP contribution in [0.3, 0.4) is 0 Å². The maximum atomic E-state index is 4.15. The summed E-state index contributed by atoms with van der Waals surface area (Å²) in [6.07, 6.45) is 7.41. The molecule has 3 rings (SSSR count). The molecule has 1 atom stereocenters. The lowest BCUT2D eigenvalue weighted by molar-refractivity contribution is 0.369.